The fraction of sp³-hybridized carbons (Fsp3) is 0.455. The zero-order valence-corrected chi connectivity index (χ0v) is 16.6. The SMILES string of the molecule is C[C@H]1C[C@@H]1C(=O)Nc1cccc(C(=O)NCc2ccc(CN3CCOCC3)o2)c1. The van der Waals surface area contributed by atoms with E-state index in [1.165, 1.54) is 0 Å². The number of benzene rings is 1. The number of nitrogens with one attached hydrogen (secondary N) is 2. The molecule has 1 aromatic heterocycles. The van der Waals surface area contributed by atoms with Gasteiger partial charge in [0, 0.05) is 30.3 Å². The predicted molar refractivity (Wildman–Crippen MR) is 108 cm³/mol. The largest absolute Gasteiger partial charge is 0.463 e. The summed E-state index contributed by atoms with van der Waals surface area (Å²) >= 11 is 0. The van der Waals surface area contributed by atoms with Gasteiger partial charge in [0.1, 0.15) is 11.5 Å². The van der Waals surface area contributed by atoms with Crippen LogP contribution in [0.5, 0.6) is 0 Å². The lowest BCUT2D eigenvalue weighted by atomic mass is 10.2. The summed E-state index contributed by atoms with van der Waals surface area (Å²) in [5, 5.41) is 5.77. The molecule has 0 bridgehead atoms. The lowest BCUT2D eigenvalue weighted by molar-refractivity contribution is -0.117. The van der Waals surface area contributed by atoms with Crippen LogP contribution in [0.2, 0.25) is 0 Å². The second-order valence-corrected chi connectivity index (χ2v) is 7.83. The van der Waals surface area contributed by atoms with Gasteiger partial charge < -0.3 is 19.8 Å². The smallest absolute Gasteiger partial charge is 0.251 e. The van der Waals surface area contributed by atoms with Crippen molar-refractivity contribution in [2.75, 3.05) is 31.6 Å². The Morgan fingerprint density at radius 2 is 1.90 bits per heavy atom. The summed E-state index contributed by atoms with van der Waals surface area (Å²) in [6.07, 6.45) is 0.933. The topological polar surface area (TPSA) is 83.8 Å². The van der Waals surface area contributed by atoms with Gasteiger partial charge in [0.2, 0.25) is 5.91 Å². The molecule has 0 spiro atoms. The summed E-state index contributed by atoms with van der Waals surface area (Å²) in [5.41, 5.74) is 1.15. The first kappa shape index (κ1) is 19.7. The fourth-order valence-electron chi connectivity index (χ4n) is 3.51. The monoisotopic (exact) mass is 397 g/mol. The van der Waals surface area contributed by atoms with Gasteiger partial charge in [-0.1, -0.05) is 13.0 Å². The van der Waals surface area contributed by atoms with Crippen LogP contribution >= 0.6 is 0 Å². The molecule has 29 heavy (non-hydrogen) atoms. The molecule has 2 fully saturated rings. The van der Waals surface area contributed by atoms with Crippen LogP contribution in [0.25, 0.3) is 0 Å². The molecule has 1 saturated heterocycles. The van der Waals surface area contributed by atoms with Gasteiger partial charge in [-0.15, -0.1) is 0 Å². The van der Waals surface area contributed by atoms with Crippen LogP contribution < -0.4 is 10.6 Å². The number of nitrogens with zero attached hydrogens (tertiary/aromatic N) is 1. The number of furan rings is 1. The van der Waals surface area contributed by atoms with Crippen molar-refractivity contribution in [3.63, 3.8) is 0 Å². The summed E-state index contributed by atoms with van der Waals surface area (Å²) in [6, 6.07) is 10.8. The highest BCUT2D eigenvalue weighted by Crippen LogP contribution is 2.38. The molecule has 2 heterocycles. The van der Waals surface area contributed by atoms with Gasteiger partial charge in [0.05, 0.1) is 26.3 Å². The fourth-order valence-corrected chi connectivity index (χ4v) is 3.51. The predicted octanol–water partition coefficient (Wildman–Crippen LogP) is 2.64. The van der Waals surface area contributed by atoms with Gasteiger partial charge >= 0.3 is 0 Å². The van der Waals surface area contributed by atoms with Crippen molar-refractivity contribution in [2.24, 2.45) is 11.8 Å². The standard InChI is InChI=1S/C22H27N3O4/c1-15-11-20(15)22(27)24-17-4-2-3-16(12-17)21(26)23-13-18-5-6-19(29-18)14-25-7-9-28-10-8-25/h2-6,12,15,20H,7-11,13-14H2,1H3,(H,23,26)(H,24,27)/t15-,20-/m0/s1. The van der Waals surface area contributed by atoms with Gasteiger partial charge in [0.15, 0.2) is 0 Å². The number of anilines is 1. The van der Waals surface area contributed by atoms with Crippen LogP contribution in [-0.4, -0.2) is 43.0 Å². The Balaban J connectivity index is 1.28. The van der Waals surface area contributed by atoms with E-state index in [-0.39, 0.29) is 17.7 Å². The molecule has 2 aliphatic rings. The minimum Gasteiger partial charge on any atom is -0.463 e. The Kier molecular flexibility index (Phi) is 5.97. The number of ether oxygens (including phenoxy) is 1. The van der Waals surface area contributed by atoms with E-state index >= 15 is 0 Å². The molecule has 0 radical (unpaired) electrons. The summed E-state index contributed by atoms with van der Waals surface area (Å²) in [5.74, 6) is 1.97. The second-order valence-electron chi connectivity index (χ2n) is 7.83. The summed E-state index contributed by atoms with van der Waals surface area (Å²) in [6.45, 7) is 6.44. The van der Waals surface area contributed by atoms with Crippen molar-refractivity contribution in [1.29, 1.82) is 0 Å². The highest BCUT2D eigenvalue weighted by Gasteiger charge is 2.39. The zero-order valence-electron chi connectivity index (χ0n) is 16.6. The van der Waals surface area contributed by atoms with Crippen molar-refractivity contribution in [3.8, 4) is 0 Å². The molecule has 4 rings (SSSR count). The van der Waals surface area contributed by atoms with Gasteiger partial charge in [-0.05, 0) is 42.7 Å². The maximum absolute atomic E-state index is 12.5. The zero-order chi connectivity index (χ0) is 20.2. The molecule has 2 aromatic rings. The van der Waals surface area contributed by atoms with Crippen molar-refractivity contribution in [1.82, 2.24) is 10.2 Å². The third-order valence-electron chi connectivity index (χ3n) is 5.46. The normalized spacial score (nSPS) is 21.6. The summed E-state index contributed by atoms with van der Waals surface area (Å²) in [7, 11) is 0. The van der Waals surface area contributed by atoms with E-state index in [1.807, 2.05) is 12.1 Å². The van der Waals surface area contributed by atoms with Crippen molar-refractivity contribution >= 4 is 17.5 Å². The molecule has 7 heteroatoms. The number of rotatable bonds is 7. The molecule has 2 amide bonds. The van der Waals surface area contributed by atoms with E-state index in [1.54, 1.807) is 24.3 Å². The first-order valence-corrected chi connectivity index (χ1v) is 10.2. The Morgan fingerprint density at radius 3 is 2.66 bits per heavy atom. The first-order valence-electron chi connectivity index (χ1n) is 10.2. The average molecular weight is 397 g/mol. The third kappa shape index (κ3) is 5.25. The molecule has 2 atom stereocenters. The first-order chi connectivity index (χ1) is 14.1. The number of carbonyl (C=O) groups excluding carboxylic acids is 2. The van der Waals surface area contributed by atoms with E-state index < -0.39 is 0 Å². The summed E-state index contributed by atoms with van der Waals surface area (Å²) in [4.78, 5) is 26.9. The van der Waals surface area contributed by atoms with Gasteiger partial charge in [-0.3, -0.25) is 14.5 Å². The van der Waals surface area contributed by atoms with E-state index in [4.69, 9.17) is 9.15 Å². The van der Waals surface area contributed by atoms with Crippen molar-refractivity contribution < 1.29 is 18.7 Å². The Morgan fingerprint density at radius 1 is 1.14 bits per heavy atom. The molecule has 1 saturated carbocycles. The molecule has 1 aliphatic carbocycles. The van der Waals surface area contributed by atoms with E-state index in [0.29, 0.717) is 29.5 Å². The Bertz CT molecular complexity index is 872. The number of hydrogen-bond acceptors (Lipinski definition) is 5. The van der Waals surface area contributed by atoms with Crippen LogP contribution in [-0.2, 0) is 22.6 Å². The third-order valence-corrected chi connectivity index (χ3v) is 5.46. The Labute approximate surface area is 170 Å². The molecule has 0 unspecified atom stereocenters. The lowest BCUT2D eigenvalue weighted by Crippen LogP contribution is -2.35. The molecule has 7 nitrogen and oxygen atoms in total. The molecule has 1 aliphatic heterocycles. The number of morpholine rings is 1. The van der Waals surface area contributed by atoms with Crippen LogP contribution in [0.3, 0.4) is 0 Å². The maximum Gasteiger partial charge on any atom is 0.251 e. The molecular weight excluding hydrogens is 370 g/mol. The molecule has 2 N–H and O–H groups in total. The second kappa shape index (κ2) is 8.80. The van der Waals surface area contributed by atoms with E-state index in [2.05, 4.69) is 22.5 Å². The number of amides is 2. The molecule has 1 aromatic carbocycles. The van der Waals surface area contributed by atoms with Gasteiger partial charge in [0.25, 0.3) is 5.91 Å². The minimum absolute atomic E-state index is 0.0263. The van der Waals surface area contributed by atoms with Crippen LogP contribution in [0.1, 0.15) is 35.2 Å². The van der Waals surface area contributed by atoms with Crippen LogP contribution in [0.15, 0.2) is 40.8 Å². The van der Waals surface area contributed by atoms with Crippen LogP contribution in [0, 0.1) is 11.8 Å². The maximum atomic E-state index is 12.5. The Hall–Kier alpha value is -2.64. The van der Waals surface area contributed by atoms with E-state index in [9.17, 15) is 9.59 Å². The number of carbonyl (C=O) groups is 2. The van der Waals surface area contributed by atoms with Gasteiger partial charge in [-0.2, -0.15) is 0 Å². The van der Waals surface area contributed by atoms with E-state index in [0.717, 1.165) is 45.0 Å². The molecular formula is C22H27N3O4. The highest BCUT2D eigenvalue weighted by molar-refractivity contribution is 5.98. The minimum atomic E-state index is -0.202. The highest BCUT2D eigenvalue weighted by atomic mass is 16.5. The quantitative estimate of drug-likeness (QED) is 0.750. The number of hydrogen-bond donors (Lipinski definition) is 2. The average Bonchev–Trinajstić information content (AvgIpc) is 3.30. The van der Waals surface area contributed by atoms with Crippen LogP contribution in [0.4, 0.5) is 5.69 Å². The lowest BCUT2D eigenvalue weighted by Gasteiger charge is -2.25. The van der Waals surface area contributed by atoms with Crippen molar-refractivity contribution in [2.45, 2.75) is 26.4 Å². The summed E-state index contributed by atoms with van der Waals surface area (Å²) < 4.78 is 11.2. The van der Waals surface area contributed by atoms with Crippen molar-refractivity contribution in [3.05, 3.63) is 53.5 Å². The molecule has 154 valence electrons. The van der Waals surface area contributed by atoms with Gasteiger partial charge in [-0.25, -0.2) is 0 Å².